The minimum Gasteiger partial charge on any atom is -0.453 e. The van der Waals surface area contributed by atoms with Crippen molar-refractivity contribution >= 4 is 39.3 Å². The van der Waals surface area contributed by atoms with Crippen LogP contribution in [0.3, 0.4) is 0 Å². The third kappa shape index (κ3) is 2.53. The molecule has 0 aliphatic carbocycles. The summed E-state index contributed by atoms with van der Waals surface area (Å²) in [5, 5.41) is 10.3. The molecule has 10 heteroatoms. The van der Waals surface area contributed by atoms with Gasteiger partial charge in [0.05, 0.1) is 17.9 Å². The first-order valence-corrected chi connectivity index (χ1v) is 11.1. The molecule has 0 bridgehead atoms. The molecule has 2 N–H and O–H groups in total. The lowest BCUT2D eigenvalue weighted by atomic mass is 9.55. The topological polar surface area (TPSA) is 119 Å². The van der Waals surface area contributed by atoms with Crippen LogP contribution in [0.25, 0.3) is 10.4 Å². The number of nitrogens with one attached hydrogen (secondary N) is 2. The number of carbonyl (C=O) groups is 2. The molecule has 0 aromatic heterocycles. The lowest BCUT2D eigenvalue weighted by Gasteiger charge is -2.46. The van der Waals surface area contributed by atoms with Crippen LogP contribution in [0.1, 0.15) is 24.0 Å². The molecule has 0 radical (unpaired) electrons. The minimum absolute atomic E-state index is 0.144. The number of azide groups is 1. The highest BCUT2D eigenvalue weighted by molar-refractivity contribution is 9.10. The van der Waals surface area contributed by atoms with Gasteiger partial charge in [0.2, 0.25) is 5.91 Å². The smallest absolute Gasteiger partial charge is 0.411 e. The van der Waals surface area contributed by atoms with E-state index in [1.54, 1.807) is 4.90 Å². The third-order valence-corrected chi connectivity index (χ3v) is 7.62. The Morgan fingerprint density at radius 3 is 2.91 bits per heavy atom. The number of hydrogen-bond acceptors (Lipinski definition) is 5. The number of hydrogen-bond donors (Lipinski definition) is 2. The molecule has 3 heterocycles. The second-order valence-electron chi connectivity index (χ2n) is 8.23. The molecule has 3 aliphatic rings. The van der Waals surface area contributed by atoms with Gasteiger partial charge in [-0.15, -0.1) is 0 Å². The molecule has 32 heavy (non-hydrogen) atoms. The summed E-state index contributed by atoms with van der Waals surface area (Å²) in [5.41, 5.74) is 10.5. The number of benzene rings is 2. The number of likely N-dealkylation sites (tertiary alicyclic amines) is 1. The van der Waals surface area contributed by atoms with E-state index in [0.717, 1.165) is 27.0 Å². The van der Waals surface area contributed by atoms with Crippen molar-refractivity contribution in [1.82, 2.24) is 4.90 Å². The number of halogens is 1. The lowest BCUT2D eigenvalue weighted by Crippen LogP contribution is -2.60. The van der Waals surface area contributed by atoms with Crippen molar-refractivity contribution in [2.24, 2.45) is 5.11 Å². The number of nitrogens with zero attached hydrogens (tertiary/aromatic N) is 4. The van der Waals surface area contributed by atoms with Gasteiger partial charge in [-0.25, -0.2) is 4.79 Å². The quantitative estimate of drug-likeness (QED) is 0.367. The Bertz CT molecular complexity index is 1180. The van der Waals surface area contributed by atoms with Crippen LogP contribution in [0.15, 0.2) is 52.1 Å². The Labute approximate surface area is 192 Å². The Hall–Kier alpha value is -3.23. The first kappa shape index (κ1) is 20.7. The summed E-state index contributed by atoms with van der Waals surface area (Å²) in [6, 6.07) is 13.6. The Balaban J connectivity index is 1.81. The first-order chi connectivity index (χ1) is 15.5. The second kappa shape index (κ2) is 7.43. The van der Waals surface area contributed by atoms with E-state index in [0.29, 0.717) is 19.4 Å². The predicted molar refractivity (Wildman–Crippen MR) is 122 cm³/mol. The van der Waals surface area contributed by atoms with E-state index in [2.05, 4.69) is 36.6 Å². The van der Waals surface area contributed by atoms with Crippen molar-refractivity contribution in [2.75, 3.05) is 30.8 Å². The molecule has 3 aliphatic heterocycles. The zero-order valence-electron chi connectivity index (χ0n) is 17.3. The van der Waals surface area contributed by atoms with Gasteiger partial charge in [-0.05, 0) is 53.8 Å². The van der Waals surface area contributed by atoms with Crippen molar-refractivity contribution in [3.63, 3.8) is 0 Å². The van der Waals surface area contributed by atoms with Crippen molar-refractivity contribution in [3.05, 3.63) is 68.5 Å². The van der Waals surface area contributed by atoms with E-state index >= 15 is 0 Å². The fourth-order valence-corrected chi connectivity index (χ4v) is 6.32. The van der Waals surface area contributed by atoms with E-state index in [9.17, 15) is 9.59 Å². The van der Waals surface area contributed by atoms with Crippen molar-refractivity contribution in [2.45, 2.75) is 29.8 Å². The van der Waals surface area contributed by atoms with Crippen LogP contribution in [-0.2, 0) is 20.4 Å². The zero-order chi connectivity index (χ0) is 22.5. The average Bonchev–Trinajstić information content (AvgIpc) is 3.41. The molecule has 164 valence electrons. The van der Waals surface area contributed by atoms with Gasteiger partial charge in [0.15, 0.2) is 0 Å². The Morgan fingerprint density at radius 1 is 1.31 bits per heavy atom. The van der Waals surface area contributed by atoms with Crippen LogP contribution in [0, 0.1) is 0 Å². The van der Waals surface area contributed by atoms with Crippen molar-refractivity contribution < 1.29 is 14.3 Å². The first-order valence-electron chi connectivity index (χ1n) is 10.3. The molecule has 2 aromatic rings. The van der Waals surface area contributed by atoms with Gasteiger partial charge in [-0.2, -0.15) is 0 Å². The monoisotopic (exact) mass is 496 g/mol. The van der Waals surface area contributed by atoms with Crippen LogP contribution >= 0.6 is 15.9 Å². The van der Waals surface area contributed by atoms with Crippen LogP contribution in [0.5, 0.6) is 0 Å². The van der Waals surface area contributed by atoms with Crippen LogP contribution in [-0.4, -0.2) is 43.3 Å². The second-order valence-corrected chi connectivity index (χ2v) is 9.15. The van der Waals surface area contributed by atoms with Gasteiger partial charge in [0, 0.05) is 33.8 Å². The highest BCUT2D eigenvalue weighted by Crippen LogP contribution is 2.63. The van der Waals surface area contributed by atoms with Crippen LogP contribution < -0.4 is 10.6 Å². The maximum Gasteiger partial charge on any atom is 0.411 e. The summed E-state index contributed by atoms with van der Waals surface area (Å²) >= 11 is 3.55. The highest BCUT2D eigenvalue weighted by atomic mass is 79.9. The van der Waals surface area contributed by atoms with E-state index in [1.807, 2.05) is 42.5 Å². The number of ether oxygens (including phenoxy) is 1. The molecule has 0 saturated carbocycles. The molecule has 2 aromatic carbocycles. The number of rotatable bonds is 4. The number of carbonyl (C=O) groups excluding carboxylic acids is 2. The fraction of sp³-hybridized carbons (Fsp3) is 0.364. The lowest BCUT2D eigenvalue weighted by molar-refractivity contribution is -0.124. The SMILES string of the molecule is COC(=O)N1CCC2([C@@]3(CCN=[N+]=[N-])C(=O)Nc4ccc(Br)cc43)c3ccccc3N[C@H]12. The third-order valence-electron chi connectivity index (χ3n) is 7.12. The van der Waals surface area contributed by atoms with Gasteiger partial charge in [-0.1, -0.05) is 39.2 Å². The normalized spacial score (nSPS) is 27.0. The van der Waals surface area contributed by atoms with E-state index in [-0.39, 0.29) is 12.5 Å². The maximum absolute atomic E-state index is 13.9. The zero-order valence-corrected chi connectivity index (χ0v) is 18.9. The Morgan fingerprint density at radius 2 is 2.12 bits per heavy atom. The summed E-state index contributed by atoms with van der Waals surface area (Å²) in [7, 11) is 1.36. The molecule has 9 nitrogen and oxygen atoms in total. The number of methoxy groups -OCH3 is 1. The minimum atomic E-state index is -1.06. The largest absolute Gasteiger partial charge is 0.453 e. The molecular weight excluding hydrogens is 476 g/mol. The molecule has 1 unspecified atom stereocenters. The van der Waals surface area contributed by atoms with Gasteiger partial charge in [-0.3, -0.25) is 9.69 Å². The molecule has 3 atom stereocenters. The molecular formula is C22H21BrN6O3. The van der Waals surface area contributed by atoms with E-state index in [4.69, 9.17) is 10.3 Å². The molecule has 2 amide bonds. The Kier molecular flexibility index (Phi) is 4.79. The molecule has 5 rings (SSSR count). The summed E-state index contributed by atoms with van der Waals surface area (Å²) < 4.78 is 5.91. The summed E-state index contributed by atoms with van der Waals surface area (Å²) in [5.74, 6) is -0.158. The van der Waals surface area contributed by atoms with Gasteiger partial charge in [0.25, 0.3) is 0 Å². The fourth-order valence-electron chi connectivity index (χ4n) is 5.95. The summed E-state index contributed by atoms with van der Waals surface area (Å²) in [6.45, 7) is 0.573. The molecule has 1 saturated heterocycles. The van der Waals surface area contributed by atoms with Crippen molar-refractivity contribution in [1.29, 1.82) is 0 Å². The van der Waals surface area contributed by atoms with Crippen molar-refractivity contribution in [3.8, 4) is 0 Å². The molecule has 1 fully saturated rings. The standard InChI is InChI=1S/C22H21BrN6O3/c1-32-20(31)29-11-9-21(14-4-2-3-5-16(14)26-18(21)29)22(8-10-25-28-24)15-12-13(23)6-7-17(15)27-19(22)30/h2-7,12,18,26H,8-11H2,1H3,(H,27,30)/t18-,21?,22-/m1/s1. The number of anilines is 2. The number of fused-ring (bicyclic) bond motifs is 4. The highest BCUT2D eigenvalue weighted by Gasteiger charge is 2.70. The van der Waals surface area contributed by atoms with E-state index in [1.165, 1.54) is 7.11 Å². The van der Waals surface area contributed by atoms with Crippen LogP contribution in [0.2, 0.25) is 0 Å². The molecule has 0 spiro atoms. The summed E-state index contributed by atoms with van der Waals surface area (Å²) in [6.07, 6.45) is -0.0929. The maximum atomic E-state index is 13.9. The number of amides is 2. The summed E-state index contributed by atoms with van der Waals surface area (Å²) in [4.78, 5) is 31.2. The predicted octanol–water partition coefficient (Wildman–Crippen LogP) is 4.50. The van der Waals surface area contributed by atoms with Gasteiger partial charge >= 0.3 is 6.09 Å². The van der Waals surface area contributed by atoms with Gasteiger partial charge in [0.1, 0.15) is 6.17 Å². The van der Waals surface area contributed by atoms with Gasteiger partial charge < -0.3 is 15.4 Å². The van der Waals surface area contributed by atoms with Crippen LogP contribution in [0.4, 0.5) is 16.2 Å². The number of para-hydroxylation sites is 1. The average molecular weight is 497 g/mol. The van der Waals surface area contributed by atoms with E-state index < -0.39 is 23.1 Å².